The lowest BCUT2D eigenvalue weighted by Crippen LogP contribution is -2.28. The maximum atomic E-state index is 12.4. The maximum absolute atomic E-state index is 12.4. The molecule has 0 saturated carbocycles. The summed E-state index contributed by atoms with van der Waals surface area (Å²) < 4.78 is 1.61. The molecule has 0 fully saturated rings. The Morgan fingerprint density at radius 2 is 2.33 bits per heavy atom. The normalized spacial score (nSPS) is 10.6. The highest BCUT2D eigenvalue weighted by Crippen LogP contribution is 2.18. The van der Waals surface area contributed by atoms with Gasteiger partial charge in [0.15, 0.2) is 0 Å². The quantitative estimate of drug-likeness (QED) is 0.635. The predicted molar refractivity (Wildman–Crippen MR) is 73.6 cm³/mol. The number of hydrogen-bond donors (Lipinski definition) is 1. The molecule has 9 heteroatoms. The Morgan fingerprint density at radius 3 is 2.90 bits per heavy atom. The van der Waals surface area contributed by atoms with E-state index in [0.29, 0.717) is 18.1 Å². The Balaban J connectivity index is 2.22. The molecule has 2 heterocycles. The van der Waals surface area contributed by atoms with E-state index < -0.39 is 4.92 Å². The molecular formula is C12H16N6O3. The van der Waals surface area contributed by atoms with Crippen LogP contribution in [-0.4, -0.2) is 42.5 Å². The Morgan fingerprint density at radius 1 is 1.57 bits per heavy atom. The zero-order valence-corrected chi connectivity index (χ0v) is 11.8. The Kier molecular flexibility index (Phi) is 4.31. The third-order valence-corrected chi connectivity index (χ3v) is 2.98. The first-order valence-electron chi connectivity index (χ1n) is 6.47. The number of hydrogen-bond acceptors (Lipinski definition) is 5. The number of aryl methyl sites for hydroxylation is 1. The average molecular weight is 292 g/mol. The van der Waals surface area contributed by atoms with Crippen molar-refractivity contribution in [2.45, 2.75) is 26.4 Å². The highest BCUT2D eigenvalue weighted by atomic mass is 16.6. The number of nitrogens with zero attached hydrogens (tertiary/aromatic N) is 5. The topological polar surface area (TPSA) is 110 Å². The van der Waals surface area contributed by atoms with Gasteiger partial charge in [0.25, 0.3) is 11.6 Å². The van der Waals surface area contributed by atoms with E-state index in [1.807, 2.05) is 6.92 Å². The van der Waals surface area contributed by atoms with Gasteiger partial charge >= 0.3 is 0 Å². The van der Waals surface area contributed by atoms with Crippen LogP contribution in [0.5, 0.6) is 0 Å². The molecule has 2 aromatic rings. The summed E-state index contributed by atoms with van der Waals surface area (Å²) in [6.07, 6.45) is 3.52. The lowest BCUT2D eigenvalue weighted by atomic mass is 10.3. The first kappa shape index (κ1) is 14.7. The van der Waals surface area contributed by atoms with Crippen molar-refractivity contribution in [1.82, 2.24) is 24.6 Å². The second-order valence-corrected chi connectivity index (χ2v) is 4.63. The van der Waals surface area contributed by atoms with Crippen molar-refractivity contribution >= 4 is 11.6 Å². The van der Waals surface area contributed by atoms with E-state index in [-0.39, 0.29) is 18.1 Å². The van der Waals surface area contributed by atoms with Gasteiger partial charge in [-0.1, -0.05) is 6.92 Å². The highest BCUT2D eigenvalue weighted by molar-refractivity contribution is 5.93. The van der Waals surface area contributed by atoms with Gasteiger partial charge < -0.3 is 9.47 Å². The fourth-order valence-corrected chi connectivity index (χ4v) is 2.00. The summed E-state index contributed by atoms with van der Waals surface area (Å²) in [7, 11) is 1.61. The van der Waals surface area contributed by atoms with Crippen molar-refractivity contribution in [3.05, 3.63) is 40.2 Å². The zero-order chi connectivity index (χ0) is 15.4. The fourth-order valence-electron chi connectivity index (χ4n) is 2.00. The lowest BCUT2D eigenvalue weighted by molar-refractivity contribution is -0.384. The van der Waals surface area contributed by atoms with Gasteiger partial charge in [0.2, 0.25) is 0 Å². The smallest absolute Gasteiger partial charge is 0.287 e. The molecule has 2 rings (SSSR count). The highest BCUT2D eigenvalue weighted by Gasteiger charge is 2.22. The van der Waals surface area contributed by atoms with Gasteiger partial charge in [-0.25, -0.2) is 4.98 Å². The Bertz CT molecular complexity index is 633. The van der Waals surface area contributed by atoms with E-state index in [9.17, 15) is 14.9 Å². The van der Waals surface area contributed by atoms with Gasteiger partial charge in [-0.05, 0) is 6.42 Å². The largest absolute Gasteiger partial charge is 0.337 e. The minimum absolute atomic E-state index is 0.0835. The third-order valence-electron chi connectivity index (χ3n) is 2.98. The SMILES string of the molecule is CCCn1cc([N+](=O)[O-])cc1C(=O)N(C)Cc1ncn[nH]1. The maximum Gasteiger partial charge on any atom is 0.287 e. The van der Waals surface area contributed by atoms with Gasteiger partial charge in [0.05, 0.1) is 17.7 Å². The number of aromatic nitrogens is 4. The van der Waals surface area contributed by atoms with Crippen molar-refractivity contribution < 1.29 is 9.72 Å². The van der Waals surface area contributed by atoms with Crippen LogP contribution in [0.4, 0.5) is 5.69 Å². The van der Waals surface area contributed by atoms with Crippen LogP contribution in [-0.2, 0) is 13.1 Å². The van der Waals surface area contributed by atoms with Crippen LogP contribution in [0.2, 0.25) is 0 Å². The lowest BCUT2D eigenvalue weighted by Gasteiger charge is -2.16. The number of nitro groups is 1. The molecule has 1 amide bonds. The monoisotopic (exact) mass is 292 g/mol. The number of carbonyl (C=O) groups is 1. The number of nitrogens with one attached hydrogen (secondary N) is 1. The first-order valence-corrected chi connectivity index (χ1v) is 6.47. The summed E-state index contributed by atoms with van der Waals surface area (Å²) in [6, 6.07) is 1.30. The summed E-state index contributed by atoms with van der Waals surface area (Å²) in [6.45, 7) is 2.74. The molecule has 0 bridgehead atoms. The Labute approximate surface area is 120 Å². The minimum Gasteiger partial charge on any atom is -0.337 e. The summed E-state index contributed by atoms with van der Waals surface area (Å²) in [4.78, 5) is 28.2. The van der Waals surface area contributed by atoms with Crippen molar-refractivity contribution in [3.8, 4) is 0 Å². The van der Waals surface area contributed by atoms with Gasteiger partial charge in [0.1, 0.15) is 17.8 Å². The van der Waals surface area contributed by atoms with Gasteiger partial charge in [-0.15, -0.1) is 0 Å². The fraction of sp³-hybridized carbons (Fsp3) is 0.417. The van der Waals surface area contributed by atoms with Crippen molar-refractivity contribution in [3.63, 3.8) is 0 Å². The molecule has 0 saturated heterocycles. The molecule has 112 valence electrons. The van der Waals surface area contributed by atoms with Crippen LogP contribution in [0.3, 0.4) is 0 Å². The van der Waals surface area contributed by atoms with Crippen LogP contribution in [0.25, 0.3) is 0 Å². The molecule has 1 N–H and O–H groups in total. The summed E-state index contributed by atoms with van der Waals surface area (Å²) >= 11 is 0. The average Bonchev–Trinajstić information content (AvgIpc) is 3.07. The molecule has 2 aromatic heterocycles. The van der Waals surface area contributed by atoms with Crippen molar-refractivity contribution in [2.75, 3.05) is 7.05 Å². The van der Waals surface area contributed by atoms with Crippen LogP contribution < -0.4 is 0 Å². The summed E-state index contributed by atoms with van der Waals surface area (Å²) in [5.74, 6) is 0.252. The summed E-state index contributed by atoms with van der Waals surface area (Å²) in [5.41, 5.74) is 0.213. The third kappa shape index (κ3) is 3.25. The van der Waals surface area contributed by atoms with Gasteiger partial charge in [0, 0.05) is 19.7 Å². The van der Waals surface area contributed by atoms with Gasteiger partial charge in [-0.3, -0.25) is 20.0 Å². The number of carbonyl (C=O) groups excluding carboxylic acids is 1. The molecule has 0 aliphatic rings. The number of H-pyrrole nitrogens is 1. The van der Waals surface area contributed by atoms with Crippen molar-refractivity contribution in [1.29, 1.82) is 0 Å². The number of amides is 1. The van der Waals surface area contributed by atoms with E-state index in [1.165, 1.54) is 23.5 Å². The molecule has 0 aliphatic carbocycles. The Hall–Kier alpha value is -2.71. The van der Waals surface area contributed by atoms with Crippen LogP contribution in [0, 0.1) is 10.1 Å². The number of rotatable bonds is 6. The van der Waals surface area contributed by atoms with Crippen LogP contribution in [0.15, 0.2) is 18.6 Å². The number of aromatic amines is 1. The molecule has 0 aromatic carbocycles. The molecule has 0 radical (unpaired) electrons. The molecule has 0 spiro atoms. The minimum atomic E-state index is -0.501. The second kappa shape index (κ2) is 6.16. The van der Waals surface area contributed by atoms with E-state index in [1.54, 1.807) is 11.6 Å². The molecule has 0 unspecified atom stereocenters. The van der Waals surface area contributed by atoms with Crippen LogP contribution in [0.1, 0.15) is 29.7 Å². The van der Waals surface area contributed by atoms with Gasteiger partial charge in [-0.2, -0.15) is 5.10 Å². The molecule has 9 nitrogen and oxygen atoms in total. The first-order chi connectivity index (χ1) is 10.0. The van der Waals surface area contributed by atoms with E-state index in [0.717, 1.165) is 6.42 Å². The van der Waals surface area contributed by atoms with Crippen LogP contribution >= 0.6 is 0 Å². The summed E-state index contributed by atoms with van der Waals surface area (Å²) in [5, 5.41) is 17.2. The molecule has 0 aliphatic heterocycles. The standard InChI is InChI=1S/C12H16N6O3/c1-3-4-17-6-9(18(20)21)5-10(17)12(19)16(2)7-11-13-8-14-15-11/h5-6,8H,3-4,7H2,1-2H3,(H,13,14,15). The van der Waals surface area contributed by atoms with Crippen molar-refractivity contribution in [2.24, 2.45) is 0 Å². The van der Waals surface area contributed by atoms with E-state index in [4.69, 9.17) is 0 Å². The second-order valence-electron chi connectivity index (χ2n) is 4.63. The predicted octanol–water partition coefficient (Wildman–Crippen LogP) is 1.20. The molecular weight excluding hydrogens is 276 g/mol. The van der Waals surface area contributed by atoms with E-state index >= 15 is 0 Å². The molecule has 0 atom stereocenters. The zero-order valence-electron chi connectivity index (χ0n) is 11.8. The van der Waals surface area contributed by atoms with E-state index in [2.05, 4.69) is 15.2 Å². The molecule has 21 heavy (non-hydrogen) atoms.